The predicted molar refractivity (Wildman–Crippen MR) is 61.1 cm³/mol. The zero-order valence-electron chi connectivity index (χ0n) is 9.43. The van der Waals surface area contributed by atoms with Crippen molar-refractivity contribution in [3.8, 4) is 5.75 Å². The lowest BCUT2D eigenvalue weighted by Crippen LogP contribution is -2.35. The van der Waals surface area contributed by atoms with Gasteiger partial charge in [-0.05, 0) is 30.7 Å². The minimum absolute atomic E-state index is 0.527. The quantitative estimate of drug-likeness (QED) is 0.841. The molecule has 16 heavy (non-hydrogen) atoms. The van der Waals surface area contributed by atoms with Gasteiger partial charge in [-0.15, -0.1) is 0 Å². The topological polar surface area (TPSA) is 49.8 Å². The Morgan fingerprint density at radius 3 is 3.00 bits per heavy atom. The minimum Gasteiger partial charge on any atom is -0.493 e. The zero-order valence-corrected chi connectivity index (χ0v) is 9.43. The van der Waals surface area contributed by atoms with Crippen LogP contribution in [-0.2, 0) is 11.2 Å². The van der Waals surface area contributed by atoms with Crippen molar-refractivity contribution in [2.75, 3.05) is 18.6 Å². The molecule has 1 unspecified atom stereocenters. The highest BCUT2D eigenvalue weighted by atomic mass is 16.5. The van der Waals surface area contributed by atoms with Gasteiger partial charge in [-0.3, -0.25) is 0 Å². The van der Waals surface area contributed by atoms with E-state index in [1.165, 1.54) is 0 Å². The standard InChI is InChI=1S/C12H15NO3/c1-8(12(14)15)13(2)10-3-4-11-9(7-10)5-6-16-11/h3-4,7-8H,5-6H2,1-2H3,(H,14,15). The number of benzene rings is 1. The molecule has 2 rings (SSSR count). The first-order chi connectivity index (χ1) is 7.59. The Bertz CT molecular complexity index is 417. The van der Waals surface area contributed by atoms with Crippen LogP contribution in [0.5, 0.6) is 5.75 Å². The maximum Gasteiger partial charge on any atom is 0.326 e. The maximum absolute atomic E-state index is 10.9. The van der Waals surface area contributed by atoms with Gasteiger partial charge in [-0.1, -0.05) is 0 Å². The van der Waals surface area contributed by atoms with E-state index in [1.807, 2.05) is 18.2 Å². The molecule has 1 atom stereocenters. The van der Waals surface area contributed by atoms with Gasteiger partial charge in [-0.2, -0.15) is 0 Å². The summed E-state index contributed by atoms with van der Waals surface area (Å²) >= 11 is 0. The van der Waals surface area contributed by atoms with Gasteiger partial charge in [0.15, 0.2) is 0 Å². The summed E-state index contributed by atoms with van der Waals surface area (Å²) in [5.41, 5.74) is 2.07. The molecule has 0 saturated heterocycles. The molecule has 0 saturated carbocycles. The van der Waals surface area contributed by atoms with Crippen molar-refractivity contribution in [3.05, 3.63) is 23.8 Å². The summed E-state index contributed by atoms with van der Waals surface area (Å²) in [6.45, 7) is 2.39. The van der Waals surface area contributed by atoms with E-state index in [0.717, 1.165) is 30.0 Å². The van der Waals surface area contributed by atoms with E-state index in [-0.39, 0.29) is 0 Å². The average Bonchev–Trinajstić information content (AvgIpc) is 2.73. The van der Waals surface area contributed by atoms with E-state index in [2.05, 4.69) is 0 Å². The van der Waals surface area contributed by atoms with Gasteiger partial charge in [0.05, 0.1) is 6.61 Å². The Kier molecular flexibility index (Phi) is 2.73. The van der Waals surface area contributed by atoms with Crippen LogP contribution in [0.4, 0.5) is 5.69 Å². The number of aliphatic carboxylic acids is 1. The Labute approximate surface area is 94.4 Å². The number of carbonyl (C=O) groups is 1. The smallest absolute Gasteiger partial charge is 0.326 e. The third kappa shape index (κ3) is 1.83. The number of ether oxygens (including phenoxy) is 1. The molecule has 1 N–H and O–H groups in total. The van der Waals surface area contributed by atoms with Gasteiger partial charge in [0.25, 0.3) is 0 Å². The van der Waals surface area contributed by atoms with Crippen molar-refractivity contribution in [2.45, 2.75) is 19.4 Å². The third-order valence-electron chi connectivity index (χ3n) is 3.02. The molecular weight excluding hydrogens is 206 g/mol. The normalized spacial score (nSPS) is 15.1. The molecule has 1 aliphatic rings. The summed E-state index contributed by atoms with van der Waals surface area (Å²) in [6.07, 6.45) is 0.901. The van der Waals surface area contributed by atoms with Crippen LogP contribution in [0.15, 0.2) is 18.2 Å². The fraction of sp³-hybridized carbons (Fsp3) is 0.417. The van der Waals surface area contributed by atoms with E-state index in [9.17, 15) is 4.79 Å². The molecule has 0 fully saturated rings. The Morgan fingerprint density at radius 1 is 1.56 bits per heavy atom. The maximum atomic E-state index is 10.9. The van der Waals surface area contributed by atoms with Crippen LogP contribution in [0, 0.1) is 0 Å². The summed E-state index contributed by atoms with van der Waals surface area (Å²) in [6, 6.07) is 5.27. The highest BCUT2D eigenvalue weighted by molar-refractivity contribution is 5.77. The minimum atomic E-state index is -0.820. The van der Waals surface area contributed by atoms with Gasteiger partial charge in [0.1, 0.15) is 11.8 Å². The van der Waals surface area contributed by atoms with Gasteiger partial charge in [0.2, 0.25) is 0 Å². The van der Waals surface area contributed by atoms with Crippen LogP contribution in [-0.4, -0.2) is 30.8 Å². The number of nitrogens with zero attached hydrogens (tertiary/aromatic N) is 1. The fourth-order valence-electron chi connectivity index (χ4n) is 1.78. The molecule has 1 aromatic rings. The number of carboxylic acid groups (broad SMARTS) is 1. The van der Waals surface area contributed by atoms with Crippen molar-refractivity contribution in [2.24, 2.45) is 0 Å². The fourth-order valence-corrected chi connectivity index (χ4v) is 1.78. The molecule has 0 aromatic heterocycles. The summed E-state index contributed by atoms with van der Waals surface area (Å²) in [5, 5.41) is 8.94. The van der Waals surface area contributed by atoms with Crippen LogP contribution in [0.1, 0.15) is 12.5 Å². The summed E-state index contributed by atoms with van der Waals surface area (Å²) in [5.74, 6) is 0.0966. The number of fused-ring (bicyclic) bond motifs is 1. The third-order valence-corrected chi connectivity index (χ3v) is 3.02. The molecule has 1 aliphatic heterocycles. The van der Waals surface area contributed by atoms with Gasteiger partial charge < -0.3 is 14.7 Å². The largest absolute Gasteiger partial charge is 0.493 e. The molecule has 86 valence electrons. The molecule has 1 aromatic carbocycles. The van der Waals surface area contributed by atoms with Crippen LogP contribution in [0.25, 0.3) is 0 Å². The molecule has 4 heteroatoms. The highest BCUT2D eigenvalue weighted by Crippen LogP contribution is 2.29. The van der Waals surface area contributed by atoms with Gasteiger partial charge in [0, 0.05) is 19.2 Å². The second-order valence-corrected chi connectivity index (χ2v) is 4.02. The van der Waals surface area contributed by atoms with E-state index in [4.69, 9.17) is 9.84 Å². The van der Waals surface area contributed by atoms with Crippen molar-refractivity contribution < 1.29 is 14.6 Å². The number of carboxylic acids is 1. The van der Waals surface area contributed by atoms with E-state index in [1.54, 1.807) is 18.9 Å². The first-order valence-electron chi connectivity index (χ1n) is 5.31. The second-order valence-electron chi connectivity index (χ2n) is 4.02. The second kappa shape index (κ2) is 4.04. The molecule has 0 spiro atoms. The summed E-state index contributed by atoms with van der Waals surface area (Å²) < 4.78 is 5.41. The van der Waals surface area contributed by atoms with Crippen molar-refractivity contribution >= 4 is 11.7 Å². The van der Waals surface area contributed by atoms with E-state index in [0.29, 0.717) is 0 Å². The average molecular weight is 221 g/mol. The molecule has 4 nitrogen and oxygen atoms in total. The molecule has 0 amide bonds. The van der Waals surface area contributed by atoms with Crippen molar-refractivity contribution in [1.29, 1.82) is 0 Å². The van der Waals surface area contributed by atoms with E-state index >= 15 is 0 Å². The number of likely N-dealkylation sites (N-methyl/N-ethyl adjacent to an activating group) is 1. The Morgan fingerprint density at radius 2 is 2.31 bits per heavy atom. The zero-order chi connectivity index (χ0) is 11.7. The van der Waals surface area contributed by atoms with Gasteiger partial charge >= 0.3 is 5.97 Å². The molecule has 0 radical (unpaired) electrons. The molecule has 0 aliphatic carbocycles. The lowest BCUT2D eigenvalue weighted by atomic mass is 10.1. The predicted octanol–water partition coefficient (Wildman–Crippen LogP) is 1.53. The van der Waals surface area contributed by atoms with Crippen molar-refractivity contribution in [3.63, 3.8) is 0 Å². The number of anilines is 1. The number of hydrogen-bond acceptors (Lipinski definition) is 3. The van der Waals surface area contributed by atoms with Crippen LogP contribution < -0.4 is 9.64 Å². The Hall–Kier alpha value is -1.71. The first kappa shape index (κ1) is 10.8. The lowest BCUT2D eigenvalue weighted by Gasteiger charge is -2.24. The van der Waals surface area contributed by atoms with Crippen LogP contribution >= 0.6 is 0 Å². The van der Waals surface area contributed by atoms with Gasteiger partial charge in [-0.25, -0.2) is 4.79 Å². The molecule has 0 bridgehead atoms. The lowest BCUT2D eigenvalue weighted by molar-refractivity contribution is -0.138. The Balaban J connectivity index is 2.24. The highest BCUT2D eigenvalue weighted by Gasteiger charge is 2.19. The number of rotatable bonds is 3. The SMILES string of the molecule is CC(C(=O)O)N(C)c1ccc2c(c1)CCO2. The molecule has 1 heterocycles. The number of hydrogen-bond donors (Lipinski definition) is 1. The molecular formula is C12H15NO3. The van der Waals surface area contributed by atoms with E-state index < -0.39 is 12.0 Å². The summed E-state index contributed by atoms with van der Waals surface area (Å²) in [4.78, 5) is 12.6. The summed E-state index contributed by atoms with van der Waals surface area (Å²) in [7, 11) is 1.79. The first-order valence-corrected chi connectivity index (χ1v) is 5.31. The van der Waals surface area contributed by atoms with Crippen LogP contribution in [0.2, 0.25) is 0 Å². The van der Waals surface area contributed by atoms with Crippen LogP contribution in [0.3, 0.4) is 0 Å². The monoisotopic (exact) mass is 221 g/mol. The van der Waals surface area contributed by atoms with Crippen molar-refractivity contribution in [1.82, 2.24) is 0 Å².